The molecule has 0 aliphatic carbocycles. The van der Waals surface area contributed by atoms with Gasteiger partial charge in [-0.2, -0.15) is 13.2 Å². The summed E-state index contributed by atoms with van der Waals surface area (Å²) in [7, 11) is 1.78. The number of benzene rings is 1. The van der Waals surface area contributed by atoms with E-state index in [1.54, 1.807) is 7.05 Å². The van der Waals surface area contributed by atoms with Gasteiger partial charge < -0.3 is 10.6 Å². The van der Waals surface area contributed by atoms with Gasteiger partial charge in [-0.15, -0.1) is 0 Å². The van der Waals surface area contributed by atoms with Crippen molar-refractivity contribution in [2.24, 2.45) is 5.73 Å². The number of alkyl halides is 3. The van der Waals surface area contributed by atoms with Gasteiger partial charge >= 0.3 is 6.18 Å². The van der Waals surface area contributed by atoms with Crippen LogP contribution >= 0.6 is 0 Å². The van der Waals surface area contributed by atoms with Gasteiger partial charge in [0, 0.05) is 32.2 Å². The Morgan fingerprint density at radius 2 is 1.88 bits per heavy atom. The number of anilines is 1. The summed E-state index contributed by atoms with van der Waals surface area (Å²) in [5.74, 6) is 0. The van der Waals surface area contributed by atoms with Crippen LogP contribution in [-0.4, -0.2) is 19.8 Å². The third-order valence-corrected chi connectivity index (χ3v) is 2.58. The van der Waals surface area contributed by atoms with Crippen molar-refractivity contribution >= 4 is 5.69 Å². The van der Waals surface area contributed by atoms with Gasteiger partial charge in [-0.25, -0.2) is 0 Å². The van der Waals surface area contributed by atoms with Crippen LogP contribution in [0.15, 0.2) is 24.3 Å². The fourth-order valence-corrected chi connectivity index (χ4v) is 1.69. The summed E-state index contributed by atoms with van der Waals surface area (Å²) in [4.78, 5) is 1.81. The number of para-hydroxylation sites is 1. The van der Waals surface area contributed by atoms with Crippen molar-refractivity contribution in [2.45, 2.75) is 25.6 Å². The first kappa shape index (κ1) is 13.8. The molecule has 0 fully saturated rings. The van der Waals surface area contributed by atoms with E-state index in [0.29, 0.717) is 13.1 Å². The van der Waals surface area contributed by atoms with Crippen LogP contribution in [0.25, 0.3) is 0 Å². The summed E-state index contributed by atoms with van der Waals surface area (Å²) in [6.45, 7) is 0.760. The van der Waals surface area contributed by atoms with Gasteiger partial charge in [-0.05, 0) is 18.1 Å². The van der Waals surface area contributed by atoms with Gasteiger partial charge in [0.1, 0.15) is 0 Å². The molecule has 0 unspecified atom stereocenters. The molecular weight excluding hydrogens is 229 g/mol. The molecule has 96 valence electrons. The summed E-state index contributed by atoms with van der Waals surface area (Å²) in [6.07, 6.45) is -4.73. The van der Waals surface area contributed by atoms with E-state index in [2.05, 4.69) is 0 Å². The minimum atomic E-state index is -4.08. The molecule has 17 heavy (non-hydrogen) atoms. The Labute approximate surface area is 99.2 Å². The Morgan fingerprint density at radius 3 is 2.47 bits per heavy atom. The lowest BCUT2D eigenvalue weighted by molar-refractivity contribution is -0.135. The van der Waals surface area contributed by atoms with E-state index in [9.17, 15) is 13.2 Å². The lowest BCUT2D eigenvalue weighted by Gasteiger charge is -2.22. The second-order valence-corrected chi connectivity index (χ2v) is 3.97. The first-order chi connectivity index (χ1) is 7.94. The third kappa shape index (κ3) is 4.65. The molecule has 0 heterocycles. The number of rotatable bonds is 5. The van der Waals surface area contributed by atoms with Gasteiger partial charge in [0.2, 0.25) is 0 Å². The van der Waals surface area contributed by atoms with Crippen molar-refractivity contribution in [3.63, 3.8) is 0 Å². The molecule has 0 amide bonds. The van der Waals surface area contributed by atoms with Crippen LogP contribution in [0.2, 0.25) is 0 Å². The summed E-state index contributed by atoms with van der Waals surface area (Å²) < 4.78 is 36.0. The maximum atomic E-state index is 12.0. The number of hydrogen-bond donors (Lipinski definition) is 1. The normalized spacial score (nSPS) is 11.6. The predicted octanol–water partition coefficient (Wildman–Crippen LogP) is 2.92. The smallest absolute Gasteiger partial charge is 0.374 e. The standard InChI is InChI=1S/C12H17F3N2/c1-17(8-4-7-12(13,14)15)11-6-3-2-5-10(11)9-16/h2-3,5-6H,4,7-9,16H2,1H3. The van der Waals surface area contributed by atoms with Gasteiger partial charge in [0.15, 0.2) is 0 Å². The van der Waals surface area contributed by atoms with Crippen molar-refractivity contribution in [3.8, 4) is 0 Å². The molecule has 1 rings (SSSR count). The second-order valence-electron chi connectivity index (χ2n) is 3.97. The Bertz CT molecular complexity index is 350. The molecule has 1 aromatic rings. The molecule has 1 aromatic carbocycles. The molecule has 2 nitrogen and oxygen atoms in total. The minimum absolute atomic E-state index is 0.0961. The first-order valence-corrected chi connectivity index (χ1v) is 5.50. The SMILES string of the molecule is CN(CCCC(F)(F)F)c1ccccc1CN. The minimum Gasteiger partial charge on any atom is -0.374 e. The van der Waals surface area contributed by atoms with Gasteiger partial charge in [-0.1, -0.05) is 18.2 Å². The zero-order valence-electron chi connectivity index (χ0n) is 9.80. The van der Waals surface area contributed by atoms with Crippen molar-refractivity contribution < 1.29 is 13.2 Å². The van der Waals surface area contributed by atoms with Crippen LogP contribution in [0.1, 0.15) is 18.4 Å². The number of halogens is 3. The van der Waals surface area contributed by atoms with Crippen LogP contribution in [0.3, 0.4) is 0 Å². The summed E-state index contributed by atoms with van der Waals surface area (Å²) in [5.41, 5.74) is 7.43. The fraction of sp³-hybridized carbons (Fsp3) is 0.500. The van der Waals surface area contributed by atoms with Gasteiger partial charge in [0.05, 0.1) is 0 Å². The quantitative estimate of drug-likeness (QED) is 0.865. The molecule has 0 radical (unpaired) electrons. The summed E-state index contributed by atoms with van der Waals surface area (Å²) in [6, 6.07) is 7.48. The van der Waals surface area contributed by atoms with Crippen molar-refractivity contribution in [1.29, 1.82) is 0 Å². The Hall–Kier alpha value is -1.23. The van der Waals surface area contributed by atoms with Crippen molar-refractivity contribution in [1.82, 2.24) is 0 Å². The highest BCUT2D eigenvalue weighted by atomic mass is 19.4. The molecule has 0 atom stereocenters. The average Bonchev–Trinajstić information content (AvgIpc) is 2.27. The van der Waals surface area contributed by atoms with Gasteiger partial charge in [0.25, 0.3) is 0 Å². The predicted molar refractivity (Wildman–Crippen MR) is 62.9 cm³/mol. The maximum Gasteiger partial charge on any atom is 0.389 e. The summed E-state index contributed by atoms with van der Waals surface area (Å²) >= 11 is 0. The molecule has 2 N–H and O–H groups in total. The molecule has 0 spiro atoms. The van der Waals surface area contributed by atoms with E-state index in [1.807, 2.05) is 29.2 Å². The average molecular weight is 246 g/mol. The topological polar surface area (TPSA) is 29.3 Å². The molecular formula is C12H17F3N2. The van der Waals surface area contributed by atoms with E-state index in [0.717, 1.165) is 11.3 Å². The van der Waals surface area contributed by atoms with Crippen LogP contribution in [0.4, 0.5) is 18.9 Å². The van der Waals surface area contributed by atoms with Crippen LogP contribution in [0, 0.1) is 0 Å². The fourth-order valence-electron chi connectivity index (χ4n) is 1.69. The first-order valence-electron chi connectivity index (χ1n) is 5.50. The van der Waals surface area contributed by atoms with Crippen LogP contribution in [-0.2, 0) is 6.54 Å². The zero-order valence-corrected chi connectivity index (χ0v) is 9.80. The lowest BCUT2D eigenvalue weighted by atomic mass is 10.1. The number of hydrogen-bond acceptors (Lipinski definition) is 2. The van der Waals surface area contributed by atoms with Gasteiger partial charge in [-0.3, -0.25) is 0 Å². The van der Waals surface area contributed by atoms with Crippen molar-refractivity contribution in [2.75, 3.05) is 18.5 Å². The molecule has 0 aromatic heterocycles. The van der Waals surface area contributed by atoms with E-state index < -0.39 is 12.6 Å². The number of nitrogens with zero attached hydrogens (tertiary/aromatic N) is 1. The Balaban J connectivity index is 2.55. The largest absolute Gasteiger partial charge is 0.389 e. The molecule has 5 heteroatoms. The Morgan fingerprint density at radius 1 is 1.24 bits per heavy atom. The van der Waals surface area contributed by atoms with E-state index in [-0.39, 0.29) is 6.42 Å². The maximum absolute atomic E-state index is 12.0. The molecule has 0 saturated heterocycles. The second kappa shape index (κ2) is 5.91. The Kier molecular flexibility index (Phi) is 4.81. The lowest BCUT2D eigenvalue weighted by Crippen LogP contribution is -2.22. The monoisotopic (exact) mass is 246 g/mol. The third-order valence-electron chi connectivity index (χ3n) is 2.58. The highest BCUT2D eigenvalue weighted by Gasteiger charge is 2.26. The molecule has 0 bridgehead atoms. The van der Waals surface area contributed by atoms with E-state index in [1.165, 1.54) is 0 Å². The van der Waals surface area contributed by atoms with Crippen molar-refractivity contribution in [3.05, 3.63) is 29.8 Å². The zero-order chi connectivity index (χ0) is 12.9. The van der Waals surface area contributed by atoms with Crippen LogP contribution < -0.4 is 10.6 Å². The number of nitrogens with two attached hydrogens (primary N) is 1. The van der Waals surface area contributed by atoms with E-state index >= 15 is 0 Å². The van der Waals surface area contributed by atoms with Crippen LogP contribution in [0.5, 0.6) is 0 Å². The highest BCUT2D eigenvalue weighted by molar-refractivity contribution is 5.52. The molecule has 0 aliphatic heterocycles. The molecule has 0 saturated carbocycles. The van der Waals surface area contributed by atoms with E-state index in [4.69, 9.17) is 5.73 Å². The highest BCUT2D eigenvalue weighted by Crippen LogP contribution is 2.23. The molecule has 0 aliphatic rings. The summed E-state index contributed by atoms with van der Waals surface area (Å²) in [5, 5.41) is 0.